The van der Waals surface area contributed by atoms with Crippen molar-refractivity contribution in [1.29, 1.82) is 0 Å². The van der Waals surface area contributed by atoms with Crippen molar-refractivity contribution >= 4 is 11.8 Å². The lowest BCUT2D eigenvalue weighted by atomic mass is 9.75. The van der Waals surface area contributed by atoms with E-state index in [1.54, 1.807) is 13.2 Å². The minimum Gasteiger partial charge on any atom is -0.481 e. The highest BCUT2D eigenvalue weighted by molar-refractivity contribution is 5.43. The van der Waals surface area contributed by atoms with Gasteiger partial charge in [-0.1, -0.05) is 20.3 Å². The first kappa shape index (κ1) is 12.9. The average Bonchev–Trinajstić information content (AvgIpc) is 2.26. The van der Waals surface area contributed by atoms with E-state index >= 15 is 0 Å². The number of nitrogens with one attached hydrogen (secondary N) is 1. The van der Waals surface area contributed by atoms with E-state index in [4.69, 9.17) is 10.5 Å². The van der Waals surface area contributed by atoms with Crippen LogP contribution in [0.15, 0.2) is 6.07 Å². The van der Waals surface area contributed by atoms with Gasteiger partial charge >= 0.3 is 0 Å². The first-order valence-electron chi connectivity index (χ1n) is 6.44. The van der Waals surface area contributed by atoms with Crippen molar-refractivity contribution in [1.82, 2.24) is 9.97 Å². The van der Waals surface area contributed by atoms with Crippen LogP contribution in [0.25, 0.3) is 0 Å². The summed E-state index contributed by atoms with van der Waals surface area (Å²) in [7, 11) is 1.58. The van der Waals surface area contributed by atoms with Crippen LogP contribution in [0, 0.1) is 5.41 Å². The van der Waals surface area contributed by atoms with Gasteiger partial charge in [0.25, 0.3) is 0 Å². The molecule has 2 rings (SSSR count). The SMILES string of the molecule is COc1cc(NC2CCCC(C)(C)C2)nc(N)n1. The molecule has 0 radical (unpaired) electrons. The maximum absolute atomic E-state index is 5.65. The van der Waals surface area contributed by atoms with Gasteiger partial charge in [-0.05, 0) is 24.7 Å². The molecule has 1 fully saturated rings. The Kier molecular flexibility index (Phi) is 3.59. The summed E-state index contributed by atoms with van der Waals surface area (Å²) in [6, 6.07) is 2.24. The summed E-state index contributed by atoms with van der Waals surface area (Å²) in [6.45, 7) is 4.63. The molecule has 18 heavy (non-hydrogen) atoms. The molecule has 0 aliphatic heterocycles. The van der Waals surface area contributed by atoms with Crippen LogP contribution in [0.3, 0.4) is 0 Å². The fraction of sp³-hybridized carbons (Fsp3) is 0.692. The maximum atomic E-state index is 5.65. The minimum absolute atomic E-state index is 0.243. The van der Waals surface area contributed by atoms with Gasteiger partial charge in [-0.3, -0.25) is 0 Å². The molecule has 0 amide bonds. The molecular formula is C13H22N4O. The third kappa shape index (κ3) is 3.24. The second kappa shape index (κ2) is 5.00. The number of anilines is 2. The summed E-state index contributed by atoms with van der Waals surface area (Å²) >= 11 is 0. The first-order chi connectivity index (χ1) is 8.48. The molecule has 1 aromatic rings. The highest BCUT2D eigenvalue weighted by Gasteiger charge is 2.28. The molecule has 3 N–H and O–H groups in total. The van der Waals surface area contributed by atoms with Gasteiger partial charge in [-0.15, -0.1) is 0 Å². The Morgan fingerprint density at radius 1 is 1.44 bits per heavy atom. The van der Waals surface area contributed by atoms with Crippen LogP contribution < -0.4 is 15.8 Å². The molecule has 1 unspecified atom stereocenters. The van der Waals surface area contributed by atoms with Gasteiger partial charge in [0.2, 0.25) is 11.8 Å². The molecule has 5 nitrogen and oxygen atoms in total. The summed E-state index contributed by atoms with van der Waals surface area (Å²) < 4.78 is 5.09. The van der Waals surface area contributed by atoms with Gasteiger partial charge in [0, 0.05) is 12.1 Å². The zero-order valence-electron chi connectivity index (χ0n) is 11.4. The van der Waals surface area contributed by atoms with Crippen molar-refractivity contribution in [2.45, 2.75) is 45.6 Å². The molecule has 0 bridgehead atoms. The second-order valence-electron chi connectivity index (χ2n) is 5.76. The summed E-state index contributed by atoms with van der Waals surface area (Å²) in [6.07, 6.45) is 4.87. The molecule has 5 heteroatoms. The Hall–Kier alpha value is -1.52. The Labute approximate surface area is 108 Å². The van der Waals surface area contributed by atoms with Gasteiger partial charge in [0.05, 0.1) is 7.11 Å². The first-order valence-corrected chi connectivity index (χ1v) is 6.44. The smallest absolute Gasteiger partial charge is 0.225 e. The number of nitrogens with zero attached hydrogens (tertiary/aromatic N) is 2. The Bertz CT molecular complexity index is 419. The van der Waals surface area contributed by atoms with Crippen LogP contribution in [0.4, 0.5) is 11.8 Å². The topological polar surface area (TPSA) is 73.1 Å². The van der Waals surface area contributed by atoms with Crippen molar-refractivity contribution in [2.75, 3.05) is 18.2 Å². The number of rotatable bonds is 3. The predicted octanol–water partition coefficient (Wildman–Crippen LogP) is 2.45. The Balaban J connectivity index is 2.07. The van der Waals surface area contributed by atoms with E-state index < -0.39 is 0 Å². The molecule has 1 heterocycles. The third-order valence-corrected chi connectivity index (χ3v) is 3.49. The van der Waals surface area contributed by atoms with Crippen LogP contribution in [-0.4, -0.2) is 23.1 Å². The quantitative estimate of drug-likeness (QED) is 0.862. The molecule has 0 aromatic carbocycles. The monoisotopic (exact) mass is 250 g/mol. The third-order valence-electron chi connectivity index (χ3n) is 3.49. The lowest BCUT2D eigenvalue weighted by Crippen LogP contribution is -2.32. The van der Waals surface area contributed by atoms with Crippen molar-refractivity contribution in [3.05, 3.63) is 6.07 Å². The van der Waals surface area contributed by atoms with E-state index in [9.17, 15) is 0 Å². The van der Waals surface area contributed by atoms with Crippen LogP contribution in [0.1, 0.15) is 39.5 Å². The van der Waals surface area contributed by atoms with E-state index in [-0.39, 0.29) is 5.95 Å². The van der Waals surface area contributed by atoms with Gasteiger partial charge in [-0.2, -0.15) is 9.97 Å². The number of hydrogen-bond donors (Lipinski definition) is 2. The average molecular weight is 250 g/mol. The summed E-state index contributed by atoms with van der Waals surface area (Å²) in [5.74, 6) is 1.49. The van der Waals surface area contributed by atoms with E-state index in [1.807, 2.05) is 0 Å². The molecule has 1 aliphatic rings. The number of nitrogen functional groups attached to an aromatic ring is 1. The molecular weight excluding hydrogens is 228 g/mol. The van der Waals surface area contributed by atoms with E-state index in [2.05, 4.69) is 29.1 Å². The molecule has 1 aromatic heterocycles. The fourth-order valence-corrected chi connectivity index (χ4v) is 2.65. The van der Waals surface area contributed by atoms with Gasteiger partial charge < -0.3 is 15.8 Å². The van der Waals surface area contributed by atoms with Crippen molar-refractivity contribution in [3.8, 4) is 5.88 Å². The van der Waals surface area contributed by atoms with Crippen LogP contribution >= 0.6 is 0 Å². The molecule has 0 saturated heterocycles. The van der Waals surface area contributed by atoms with Crippen LogP contribution in [-0.2, 0) is 0 Å². The lowest BCUT2D eigenvalue weighted by Gasteiger charge is -2.35. The van der Waals surface area contributed by atoms with E-state index in [1.165, 1.54) is 19.3 Å². The normalized spacial score (nSPS) is 22.5. The predicted molar refractivity (Wildman–Crippen MR) is 72.7 cm³/mol. The fourth-order valence-electron chi connectivity index (χ4n) is 2.65. The van der Waals surface area contributed by atoms with Gasteiger partial charge in [0.1, 0.15) is 5.82 Å². The molecule has 1 aliphatic carbocycles. The standard InChI is InChI=1S/C13H22N4O/c1-13(2)6-4-5-9(8-13)15-10-7-11(18-3)17-12(14)16-10/h7,9H,4-6,8H2,1-3H3,(H3,14,15,16,17). The maximum Gasteiger partial charge on any atom is 0.225 e. The Morgan fingerprint density at radius 2 is 2.22 bits per heavy atom. The highest BCUT2D eigenvalue weighted by atomic mass is 16.5. The van der Waals surface area contributed by atoms with E-state index in [0.717, 1.165) is 12.2 Å². The molecule has 0 spiro atoms. The number of nitrogens with two attached hydrogens (primary N) is 1. The summed E-state index contributed by atoms with van der Waals surface area (Å²) in [5.41, 5.74) is 6.05. The number of methoxy groups -OCH3 is 1. The van der Waals surface area contributed by atoms with Crippen molar-refractivity contribution in [3.63, 3.8) is 0 Å². The zero-order valence-corrected chi connectivity index (χ0v) is 11.4. The van der Waals surface area contributed by atoms with Gasteiger partial charge in [-0.25, -0.2) is 0 Å². The van der Waals surface area contributed by atoms with Crippen molar-refractivity contribution in [2.24, 2.45) is 5.41 Å². The van der Waals surface area contributed by atoms with E-state index in [0.29, 0.717) is 17.3 Å². The largest absolute Gasteiger partial charge is 0.481 e. The second-order valence-corrected chi connectivity index (χ2v) is 5.76. The molecule has 1 atom stereocenters. The van der Waals surface area contributed by atoms with Crippen LogP contribution in [0.5, 0.6) is 5.88 Å². The highest BCUT2D eigenvalue weighted by Crippen LogP contribution is 2.36. The molecule has 100 valence electrons. The Morgan fingerprint density at radius 3 is 2.89 bits per heavy atom. The minimum atomic E-state index is 0.243. The summed E-state index contributed by atoms with van der Waals surface area (Å²) in [4.78, 5) is 8.18. The lowest BCUT2D eigenvalue weighted by molar-refractivity contribution is 0.229. The zero-order chi connectivity index (χ0) is 13.2. The van der Waals surface area contributed by atoms with Crippen molar-refractivity contribution < 1.29 is 4.74 Å². The van der Waals surface area contributed by atoms with Crippen LogP contribution in [0.2, 0.25) is 0 Å². The number of aromatic nitrogens is 2. The summed E-state index contributed by atoms with van der Waals surface area (Å²) in [5, 5.41) is 3.44. The number of ether oxygens (including phenoxy) is 1. The molecule has 1 saturated carbocycles. The number of hydrogen-bond acceptors (Lipinski definition) is 5. The van der Waals surface area contributed by atoms with Gasteiger partial charge in [0.15, 0.2) is 0 Å².